The molecule has 0 saturated carbocycles. The number of hydrogen-bond donors (Lipinski definition) is 2. The molecule has 7 heteroatoms. The highest BCUT2D eigenvalue weighted by Gasteiger charge is 2.14. The Morgan fingerprint density at radius 2 is 1.92 bits per heavy atom. The van der Waals surface area contributed by atoms with Gasteiger partial charge in [-0.05, 0) is 55.5 Å². The molecule has 1 heterocycles. The summed E-state index contributed by atoms with van der Waals surface area (Å²) < 4.78 is 4.89. The van der Waals surface area contributed by atoms with E-state index in [-0.39, 0.29) is 31.0 Å². The van der Waals surface area contributed by atoms with Crippen LogP contribution in [0.25, 0.3) is 0 Å². The second-order valence-corrected chi connectivity index (χ2v) is 6.93. The maximum Gasteiger partial charge on any atom is 0.325 e. The molecule has 1 atom stereocenters. The van der Waals surface area contributed by atoms with Gasteiger partial charge in [0.15, 0.2) is 6.61 Å². The average molecular weight is 374 g/mol. The summed E-state index contributed by atoms with van der Waals surface area (Å²) in [5.41, 5.74) is 2.56. The molecule has 0 aliphatic heterocycles. The van der Waals surface area contributed by atoms with Gasteiger partial charge >= 0.3 is 5.97 Å². The zero-order valence-electron chi connectivity index (χ0n) is 15.0. The van der Waals surface area contributed by atoms with Gasteiger partial charge < -0.3 is 15.4 Å². The summed E-state index contributed by atoms with van der Waals surface area (Å²) >= 11 is 1.54. The Kier molecular flexibility index (Phi) is 6.91. The average Bonchev–Trinajstić information content (AvgIpc) is 3.15. The third kappa shape index (κ3) is 5.70. The fourth-order valence-electron chi connectivity index (χ4n) is 2.23. The lowest BCUT2D eigenvalue weighted by Gasteiger charge is -2.12. The molecule has 0 unspecified atom stereocenters. The van der Waals surface area contributed by atoms with Gasteiger partial charge in [-0.2, -0.15) is 0 Å². The predicted octanol–water partition coefficient (Wildman–Crippen LogP) is 2.52. The van der Waals surface area contributed by atoms with E-state index in [9.17, 15) is 14.4 Å². The first-order valence-corrected chi connectivity index (χ1v) is 9.08. The van der Waals surface area contributed by atoms with Crippen molar-refractivity contribution in [3.63, 3.8) is 0 Å². The summed E-state index contributed by atoms with van der Waals surface area (Å²) in [6, 6.07) is 8.98. The standard InChI is InChI=1S/C19H22N2O4S/c1-12-6-7-15(9-13(12)2)19(24)20-10-18(23)25-11-17(22)21-14(3)16-5-4-8-26-16/h4-9,14H,10-11H2,1-3H3,(H,20,24)(H,21,22)/t14-/m0/s1. The van der Waals surface area contributed by atoms with Crippen molar-refractivity contribution in [3.8, 4) is 0 Å². The minimum atomic E-state index is -0.666. The molecule has 0 aliphatic carbocycles. The topological polar surface area (TPSA) is 84.5 Å². The molecule has 138 valence electrons. The number of aryl methyl sites for hydroxylation is 2. The van der Waals surface area contributed by atoms with Crippen molar-refractivity contribution < 1.29 is 19.1 Å². The van der Waals surface area contributed by atoms with Gasteiger partial charge in [-0.15, -0.1) is 11.3 Å². The van der Waals surface area contributed by atoms with Crippen LogP contribution in [0, 0.1) is 13.8 Å². The fraction of sp³-hybridized carbons (Fsp3) is 0.316. The summed E-state index contributed by atoms with van der Waals surface area (Å²) in [5.74, 6) is -1.42. The molecule has 0 aliphatic rings. The van der Waals surface area contributed by atoms with E-state index in [0.29, 0.717) is 5.56 Å². The maximum absolute atomic E-state index is 12.0. The SMILES string of the molecule is Cc1ccc(C(=O)NCC(=O)OCC(=O)N[C@@H](C)c2cccs2)cc1C. The Morgan fingerprint density at radius 1 is 1.15 bits per heavy atom. The van der Waals surface area contributed by atoms with Gasteiger partial charge in [-0.25, -0.2) is 0 Å². The Balaban J connectivity index is 1.72. The smallest absolute Gasteiger partial charge is 0.325 e. The molecule has 2 rings (SSSR count). The molecule has 0 radical (unpaired) electrons. The molecule has 0 fully saturated rings. The van der Waals surface area contributed by atoms with Crippen LogP contribution in [0.1, 0.15) is 39.3 Å². The van der Waals surface area contributed by atoms with Crippen LogP contribution in [0.4, 0.5) is 0 Å². The number of carbonyl (C=O) groups excluding carboxylic acids is 3. The predicted molar refractivity (Wildman–Crippen MR) is 100 cm³/mol. The lowest BCUT2D eigenvalue weighted by Crippen LogP contribution is -2.34. The lowest BCUT2D eigenvalue weighted by atomic mass is 10.1. The number of carbonyl (C=O) groups is 3. The molecule has 2 N–H and O–H groups in total. The monoisotopic (exact) mass is 374 g/mol. The van der Waals surface area contributed by atoms with Crippen LogP contribution in [-0.4, -0.2) is 30.9 Å². The zero-order chi connectivity index (χ0) is 19.1. The maximum atomic E-state index is 12.0. The number of ether oxygens (including phenoxy) is 1. The van der Waals surface area contributed by atoms with Gasteiger partial charge in [-0.3, -0.25) is 14.4 Å². The van der Waals surface area contributed by atoms with Crippen molar-refractivity contribution in [2.45, 2.75) is 26.8 Å². The minimum absolute atomic E-state index is 0.148. The number of rotatable bonds is 7. The molecule has 2 aromatic rings. The van der Waals surface area contributed by atoms with E-state index in [4.69, 9.17) is 4.74 Å². The first-order valence-electron chi connectivity index (χ1n) is 8.20. The minimum Gasteiger partial charge on any atom is -0.454 e. The van der Waals surface area contributed by atoms with Crippen molar-refractivity contribution in [1.82, 2.24) is 10.6 Å². The van der Waals surface area contributed by atoms with Gasteiger partial charge in [0.05, 0.1) is 6.04 Å². The van der Waals surface area contributed by atoms with E-state index in [1.165, 1.54) is 11.3 Å². The summed E-state index contributed by atoms with van der Waals surface area (Å²) in [6.07, 6.45) is 0. The van der Waals surface area contributed by atoms with Crippen LogP contribution in [0.3, 0.4) is 0 Å². The fourth-order valence-corrected chi connectivity index (χ4v) is 2.96. The summed E-state index contributed by atoms with van der Waals surface area (Å²) in [4.78, 5) is 36.6. The summed E-state index contributed by atoms with van der Waals surface area (Å²) in [6.45, 7) is 5.05. The van der Waals surface area contributed by atoms with Gasteiger partial charge in [0.2, 0.25) is 0 Å². The van der Waals surface area contributed by atoms with Gasteiger partial charge in [-0.1, -0.05) is 12.1 Å². The van der Waals surface area contributed by atoms with E-state index >= 15 is 0 Å². The van der Waals surface area contributed by atoms with Crippen LogP contribution in [-0.2, 0) is 14.3 Å². The molecular weight excluding hydrogens is 352 g/mol. The quantitative estimate of drug-likeness (QED) is 0.730. The number of thiophene rings is 1. The van der Waals surface area contributed by atoms with Crippen molar-refractivity contribution in [2.24, 2.45) is 0 Å². The van der Waals surface area contributed by atoms with Gasteiger partial charge in [0, 0.05) is 10.4 Å². The highest BCUT2D eigenvalue weighted by molar-refractivity contribution is 7.10. The molecule has 2 amide bonds. The van der Waals surface area contributed by atoms with Crippen molar-refractivity contribution in [3.05, 3.63) is 57.3 Å². The number of nitrogens with one attached hydrogen (secondary N) is 2. The van der Waals surface area contributed by atoms with Crippen LogP contribution >= 0.6 is 11.3 Å². The van der Waals surface area contributed by atoms with Crippen molar-refractivity contribution in [2.75, 3.05) is 13.2 Å². The molecule has 1 aromatic carbocycles. The third-order valence-electron chi connectivity index (χ3n) is 3.87. The number of amides is 2. The number of benzene rings is 1. The van der Waals surface area contributed by atoms with Crippen LogP contribution in [0.5, 0.6) is 0 Å². The van der Waals surface area contributed by atoms with E-state index < -0.39 is 5.97 Å². The normalized spacial score (nSPS) is 11.5. The van der Waals surface area contributed by atoms with Crippen LogP contribution < -0.4 is 10.6 Å². The largest absolute Gasteiger partial charge is 0.454 e. The molecule has 1 aromatic heterocycles. The molecule has 6 nitrogen and oxygen atoms in total. The van der Waals surface area contributed by atoms with E-state index in [1.807, 2.05) is 44.4 Å². The summed E-state index contributed by atoms with van der Waals surface area (Å²) in [5, 5.41) is 7.16. The highest BCUT2D eigenvalue weighted by Crippen LogP contribution is 2.17. The first kappa shape index (κ1) is 19.7. The van der Waals surface area contributed by atoms with Crippen LogP contribution in [0.15, 0.2) is 35.7 Å². The van der Waals surface area contributed by atoms with Gasteiger partial charge in [0.25, 0.3) is 11.8 Å². The Morgan fingerprint density at radius 3 is 2.58 bits per heavy atom. The number of hydrogen-bond acceptors (Lipinski definition) is 5. The third-order valence-corrected chi connectivity index (χ3v) is 4.93. The molecule has 26 heavy (non-hydrogen) atoms. The molecule has 0 saturated heterocycles. The highest BCUT2D eigenvalue weighted by atomic mass is 32.1. The Labute approximate surface area is 156 Å². The zero-order valence-corrected chi connectivity index (χ0v) is 15.8. The van der Waals surface area contributed by atoms with Gasteiger partial charge in [0.1, 0.15) is 6.54 Å². The van der Waals surface area contributed by atoms with Crippen molar-refractivity contribution in [1.29, 1.82) is 0 Å². The van der Waals surface area contributed by atoms with Crippen LogP contribution in [0.2, 0.25) is 0 Å². The molecule has 0 spiro atoms. The van der Waals surface area contributed by atoms with E-state index in [1.54, 1.807) is 12.1 Å². The van der Waals surface area contributed by atoms with Crippen molar-refractivity contribution >= 4 is 29.1 Å². The summed E-state index contributed by atoms with van der Waals surface area (Å²) in [7, 11) is 0. The second kappa shape index (κ2) is 9.15. The lowest BCUT2D eigenvalue weighted by molar-refractivity contribution is -0.147. The molecule has 0 bridgehead atoms. The van der Waals surface area contributed by atoms with E-state index in [2.05, 4.69) is 10.6 Å². The number of esters is 1. The van der Waals surface area contributed by atoms with E-state index in [0.717, 1.165) is 16.0 Å². The second-order valence-electron chi connectivity index (χ2n) is 5.95. The Bertz CT molecular complexity index is 787. The molecular formula is C19H22N2O4S. The first-order chi connectivity index (χ1) is 12.4. The Hall–Kier alpha value is -2.67.